The molecule has 0 bridgehead atoms. The molecule has 1 aliphatic heterocycles. The van der Waals surface area contributed by atoms with E-state index in [0.29, 0.717) is 37.6 Å². The van der Waals surface area contributed by atoms with E-state index >= 15 is 0 Å². The summed E-state index contributed by atoms with van der Waals surface area (Å²) in [6.45, 7) is 2.47. The first kappa shape index (κ1) is 24.4. The van der Waals surface area contributed by atoms with Gasteiger partial charge in [-0.1, -0.05) is 12.1 Å². The Hall–Kier alpha value is -4.30. The van der Waals surface area contributed by atoms with Crippen LogP contribution in [-0.4, -0.2) is 53.1 Å². The van der Waals surface area contributed by atoms with Gasteiger partial charge in [-0.3, -0.25) is 0 Å². The average Bonchev–Trinajstić information content (AvgIpc) is 3.34. The molecule has 190 valence electrons. The van der Waals surface area contributed by atoms with E-state index in [0.717, 1.165) is 22.7 Å². The van der Waals surface area contributed by atoms with Crippen LogP contribution < -0.4 is 15.5 Å². The number of anilines is 5. The van der Waals surface area contributed by atoms with E-state index in [4.69, 9.17) is 5.26 Å². The highest BCUT2D eigenvalue weighted by Crippen LogP contribution is 2.39. The summed E-state index contributed by atoms with van der Waals surface area (Å²) in [5.74, 6) is 0.624. The molecule has 1 aliphatic rings. The zero-order valence-electron chi connectivity index (χ0n) is 20.1. The highest BCUT2D eigenvalue weighted by Gasteiger charge is 2.35. The minimum atomic E-state index is -4.51. The Labute approximate surface area is 211 Å². The zero-order chi connectivity index (χ0) is 26.0. The summed E-state index contributed by atoms with van der Waals surface area (Å²) >= 11 is 0. The largest absolute Gasteiger partial charge is 0.418 e. The predicted molar refractivity (Wildman–Crippen MR) is 137 cm³/mol. The number of rotatable bonds is 6. The Bertz CT molecular complexity index is 1450. The van der Waals surface area contributed by atoms with E-state index < -0.39 is 11.7 Å². The smallest absolute Gasteiger partial charge is 0.368 e. The van der Waals surface area contributed by atoms with Gasteiger partial charge < -0.3 is 25.4 Å². The molecule has 1 fully saturated rings. The summed E-state index contributed by atoms with van der Waals surface area (Å²) in [4.78, 5) is 15.9. The monoisotopic (exact) mass is 506 g/mol. The SMILES string of the molecule is CN1CCN(c2ccc(Nc3nc(Nc4cccc(CC#N)c4)c4cc[nH]c4n3)cc2C(F)(F)F)CC1. The Balaban J connectivity index is 1.45. The van der Waals surface area contributed by atoms with Crippen LogP contribution >= 0.6 is 0 Å². The number of piperazine rings is 1. The number of nitrogens with one attached hydrogen (secondary N) is 3. The van der Waals surface area contributed by atoms with E-state index in [1.165, 1.54) is 6.07 Å². The molecule has 0 unspecified atom stereocenters. The lowest BCUT2D eigenvalue weighted by Gasteiger charge is -2.35. The van der Waals surface area contributed by atoms with Gasteiger partial charge in [0, 0.05) is 49.4 Å². The van der Waals surface area contributed by atoms with Crippen LogP contribution in [0.15, 0.2) is 54.7 Å². The van der Waals surface area contributed by atoms with Crippen molar-refractivity contribution in [3.8, 4) is 6.07 Å². The highest BCUT2D eigenvalue weighted by atomic mass is 19.4. The molecule has 37 heavy (non-hydrogen) atoms. The number of H-pyrrole nitrogens is 1. The third-order valence-electron chi connectivity index (χ3n) is 6.29. The summed E-state index contributed by atoms with van der Waals surface area (Å²) in [5, 5.41) is 15.9. The van der Waals surface area contributed by atoms with Crippen LogP contribution in [0.2, 0.25) is 0 Å². The van der Waals surface area contributed by atoms with Gasteiger partial charge in [0.25, 0.3) is 0 Å². The maximum absolute atomic E-state index is 14.0. The summed E-state index contributed by atoms with van der Waals surface area (Å²) in [6, 6.07) is 15.6. The van der Waals surface area contributed by atoms with Gasteiger partial charge in [0.05, 0.1) is 23.4 Å². The third kappa shape index (κ3) is 5.44. The number of nitriles is 1. The molecule has 0 saturated carbocycles. The second-order valence-electron chi connectivity index (χ2n) is 8.94. The van der Waals surface area contributed by atoms with E-state index in [-0.39, 0.29) is 23.7 Å². The maximum Gasteiger partial charge on any atom is 0.418 e. The Morgan fingerprint density at radius 1 is 1.00 bits per heavy atom. The van der Waals surface area contributed by atoms with Crippen LogP contribution in [0.1, 0.15) is 11.1 Å². The highest BCUT2D eigenvalue weighted by molar-refractivity contribution is 5.90. The molecule has 0 radical (unpaired) electrons. The Kier molecular flexibility index (Phi) is 6.58. The maximum atomic E-state index is 14.0. The first-order chi connectivity index (χ1) is 17.8. The number of halogens is 3. The van der Waals surface area contributed by atoms with Crippen LogP contribution in [0, 0.1) is 11.3 Å². The Morgan fingerprint density at radius 2 is 1.78 bits per heavy atom. The molecule has 3 N–H and O–H groups in total. The number of aromatic nitrogens is 3. The summed E-state index contributed by atoms with van der Waals surface area (Å²) in [5.41, 5.74) is 1.82. The molecular weight excluding hydrogens is 481 g/mol. The molecule has 2 aromatic carbocycles. The van der Waals surface area contributed by atoms with E-state index in [9.17, 15) is 13.2 Å². The minimum Gasteiger partial charge on any atom is -0.368 e. The van der Waals surface area contributed by atoms with Crippen LogP contribution in [0.5, 0.6) is 0 Å². The fourth-order valence-electron chi connectivity index (χ4n) is 4.37. The van der Waals surface area contributed by atoms with Crippen molar-refractivity contribution < 1.29 is 13.2 Å². The normalized spacial score (nSPS) is 14.5. The predicted octanol–water partition coefficient (Wildman–Crippen LogP) is 5.28. The number of aromatic amines is 1. The van der Waals surface area contributed by atoms with E-state index in [1.807, 2.05) is 37.4 Å². The molecular formula is C26H25F3N8. The first-order valence-corrected chi connectivity index (χ1v) is 11.8. The molecule has 5 rings (SSSR count). The second-order valence-corrected chi connectivity index (χ2v) is 8.94. The number of hydrogen-bond acceptors (Lipinski definition) is 7. The molecule has 11 heteroatoms. The van der Waals surface area contributed by atoms with Crippen LogP contribution in [0.4, 0.5) is 42.0 Å². The van der Waals surface area contributed by atoms with Gasteiger partial charge in [-0.05, 0) is 49.0 Å². The van der Waals surface area contributed by atoms with Crippen molar-refractivity contribution in [3.63, 3.8) is 0 Å². The van der Waals surface area contributed by atoms with Gasteiger partial charge in [-0.2, -0.15) is 28.4 Å². The molecule has 1 saturated heterocycles. The van der Waals surface area contributed by atoms with Gasteiger partial charge in [-0.25, -0.2) is 0 Å². The van der Waals surface area contributed by atoms with Gasteiger partial charge in [0.15, 0.2) is 0 Å². The molecule has 0 spiro atoms. The van der Waals surface area contributed by atoms with E-state index in [1.54, 1.807) is 17.2 Å². The van der Waals surface area contributed by atoms with Crippen molar-refractivity contribution in [1.29, 1.82) is 5.26 Å². The van der Waals surface area contributed by atoms with Crippen LogP contribution in [0.3, 0.4) is 0 Å². The van der Waals surface area contributed by atoms with Crippen molar-refractivity contribution in [3.05, 3.63) is 65.9 Å². The topological polar surface area (TPSA) is 95.9 Å². The lowest BCUT2D eigenvalue weighted by Crippen LogP contribution is -2.45. The minimum absolute atomic E-state index is 0.145. The zero-order valence-corrected chi connectivity index (χ0v) is 20.1. The summed E-state index contributed by atoms with van der Waals surface area (Å²) in [7, 11) is 1.96. The van der Waals surface area contributed by atoms with Crippen molar-refractivity contribution in [2.24, 2.45) is 0 Å². The first-order valence-electron chi connectivity index (χ1n) is 11.8. The average molecular weight is 507 g/mol. The molecule has 3 heterocycles. The molecule has 4 aromatic rings. The van der Waals surface area contributed by atoms with Crippen LogP contribution in [0.25, 0.3) is 11.0 Å². The fourth-order valence-corrected chi connectivity index (χ4v) is 4.37. The molecule has 0 amide bonds. The van der Waals surface area contributed by atoms with Gasteiger partial charge in [0.2, 0.25) is 5.95 Å². The van der Waals surface area contributed by atoms with Crippen molar-refractivity contribution in [2.75, 3.05) is 48.8 Å². The fraction of sp³-hybridized carbons (Fsp3) is 0.269. The van der Waals surface area contributed by atoms with Gasteiger partial charge >= 0.3 is 6.18 Å². The number of nitrogens with zero attached hydrogens (tertiary/aromatic N) is 5. The van der Waals surface area contributed by atoms with Crippen LogP contribution in [-0.2, 0) is 12.6 Å². The number of benzene rings is 2. The number of alkyl halides is 3. The third-order valence-corrected chi connectivity index (χ3v) is 6.29. The molecule has 2 aromatic heterocycles. The molecule has 0 aliphatic carbocycles. The number of likely N-dealkylation sites (N-methyl/N-ethyl adjacent to an activating group) is 1. The quantitative estimate of drug-likeness (QED) is 0.327. The van der Waals surface area contributed by atoms with Gasteiger partial charge in [-0.15, -0.1) is 0 Å². The second kappa shape index (κ2) is 9.99. The molecule has 8 nitrogen and oxygen atoms in total. The Morgan fingerprint density at radius 3 is 2.54 bits per heavy atom. The van der Waals surface area contributed by atoms with Crippen molar-refractivity contribution >= 4 is 39.9 Å². The summed E-state index contributed by atoms with van der Waals surface area (Å²) in [6.07, 6.45) is -2.52. The standard InChI is InChI=1S/C26H25F3N8/c1-36-11-13-37(14-12-36)22-6-5-19(16-21(22)26(27,28)29)33-25-34-23-20(8-10-31-23)24(35-25)32-18-4-2-3-17(15-18)7-9-30/h2-6,8,10,15-16H,7,11-14H2,1H3,(H3,31,32,33,34,35). The lowest BCUT2D eigenvalue weighted by atomic mass is 10.1. The number of hydrogen-bond donors (Lipinski definition) is 3. The van der Waals surface area contributed by atoms with Crippen molar-refractivity contribution in [1.82, 2.24) is 19.9 Å². The van der Waals surface area contributed by atoms with E-state index in [2.05, 4.69) is 36.6 Å². The molecule has 0 atom stereocenters. The van der Waals surface area contributed by atoms with Gasteiger partial charge in [0.1, 0.15) is 11.5 Å². The van der Waals surface area contributed by atoms with Crippen molar-refractivity contribution in [2.45, 2.75) is 12.6 Å². The summed E-state index contributed by atoms with van der Waals surface area (Å²) < 4.78 is 42.1. The lowest BCUT2D eigenvalue weighted by molar-refractivity contribution is -0.137. The number of fused-ring (bicyclic) bond motifs is 1.